The molecule has 0 aromatic rings. The van der Waals surface area contributed by atoms with E-state index in [0.29, 0.717) is 0 Å². The molecule has 0 saturated heterocycles. The van der Waals surface area contributed by atoms with Crippen LogP contribution in [0.5, 0.6) is 0 Å². The number of hydrogen-bond donors (Lipinski definition) is 18. The molecular weight excluding hydrogens is 648 g/mol. The van der Waals surface area contributed by atoms with Crippen LogP contribution in [0.15, 0.2) is 0 Å². The number of rotatable bonds is 0. The minimum absolute atomic E-state index is 0. The second kappa shape index (κ2) is 25.4. The van der Waals surface area contributed by atoms with Crippen LogP contribution in [-0.4, -0.2) is 126 Å². The van der Waals surface area contributed by atoms with Crippen LogP contribution in [0.4, 0.5) is 9.41 Å². The van der Waals surface area contributed by atoms with Crippen LogP contribution in [0.1, 0.15) is 0 Å². The van der Waals surface area contributed by atoms with Gasteiger partial charge in [0.2, 0.25) is 0 Å². The normalized spacial score (nSPS) is 10.7. The van der Waals surface area contributed by atoms with Crippen LogP contribution in [0.3, 0.4) is 0 Å². The summed E-state index contributed by atoms with van der Waals surface area (Å²) in [4.78, 5) is 129. The van der Waals surface area contributed by atoms with E-state index in [4.69, 9.17) is 115 Å². The molecule has 24 nitrogen and oxygen atoms in total. The van der Waals surface area contributed by atoms with Crippen molar-refractivity contribution < 1.29 is 125 Å². The topological polar surface area (TPSA) is 467 Å². The number of hydrogen-bond acceptors (Lipinski definition) is 6. The molecule has 0 amide bonds. The summed E-state index contributed by atoms with van der Waals surface area (Å²) >= 11 is 0. The second-order valence-corrected chi connectivity index (χ2v) is 9.24. The molecule has 0 aliphatic carbocycles. The Hall–Kier alpha value is 1.78. The average Bonchev–Trinajstić information content (AvgIpc) is 1.94. The Morgan fingerprint density at radius 2 is 0.242 bits per heavy atom. The summed E-state index contributed by atoms with van der Waals surface area (Å²) in [6.07, 6.45) is 0. The van der Waals surface area contributed by atoms with E-state index in [1.807, 2.05) is 0 Å². The summed E-state index contributed by atoms with van der Waals surface area (Å²) in [6.45, 7) is 0. The van der Waals surface area contributed by atoms with Gasteiger partial charge in [-0.1, -0.05) is 0 Å². The van der Waals surface area contributed by atoms with Crippen molar-refractivity contribution in [3.63, 3.8) is 0 Å². The van der Waals surface area contributed by atoms with Gasteiger partial charge in [-0.3, -0.25) is 9.41 Å². The van der Waals surface area contributed by atoms with E-state index in [2.05, 4.69) is 0 Å². The molecule has 18 N–H and O–H groups in total. The van der Waals surface area contributed by atoms with Gasteiger partial charge >= 0.3 is 84.7 Å². The van der Waals surface area contributed by atoms with Gasteiger partial charge < -0.3 is 88.1 Å². The first-order valence-electron chi connectivity index (χ1n) is 4.70. The first kappa shape index (κ1) is 59.7. The molecule has 0 fully saturated rings. The Morgan fingerprint density at radius 3 is 0.242 bits per heavy atom. The molecule has 212 valence electrons. The number of halogens is 2. The van der Waals surface area contributed by atoms with Gasteiger partial charge in [-0.15, -0.1) is 0 Å². The van der Waals surface area contributed by atoms with Crippen LogP contribution < -0.4 is 0 Å². The van der Waals surface area contributed by atoms with Crippen LogP contribution in [0.2, 0.25) is 0 Å². The van der Waals surface area contributed by atoms with E-state index in [1.165, 1.54) is 0 Å². The molecule has 0 aliphatic rings. The zero-order valence-corrected chi connectivity index (χ0v) is 19.4. The van der Waals surface area contributed by atoms with Gasteiger partial charge in [0.05, 0.1) is 0 Å². The Balaban J connectivity index is -0.0000000294. The molecule has 33 heavy (non-hydrogen) atoms. The average molecular weight is 670 g/mol. The quantitative estimate of drug-likeness (QED) is 0.0841. The molecule has 0 saturated carbocycles. The summed E-state index contributed by atoms with van der Waals surface area (Å²) in [7, 11) is -27.8. The zero-order valence-electron chi connectivity index (χ0n) is 14.0. The van der Waals surface area contributed by atoms with E-state index in [-0.39, 0.29) is 47.1 Å². The fourth-order valence-corrected chi connectivity index (χ4v) is 0. The van der Waals surface area contributed by atoms with Crippen LogP contribution in [0, 0.1) is 0 Å². The maximum atomic E-state index is 8.88. The van der Waals surface area contributed by atoms with E-state index < -0.39 is 46.9 Å². The Kier molecular flexibility index (Phi) is 46.0. The summed E-state index contributed by atoms with van der Waals surface area (Å²) < 4.78 is 53.3. The second-order valence-electron chi connectivity index (χ2n) is 3.08. The SMILES string of the molecule is F.F.O=P(O)(O)O.O=P(O)(O)O.O=P(O)(O)O.O=P(O)(O)O.O=P(O)(O)O.O=P(O)(O)O.[CaH2]. The standard InChI is InChI=1S/Ca.2FH.6H3O4P.2H/c;;;6*1-5(2,3)4;;/h;2*1H;6*(H3,1,2,3,4);;. The van der Waals surface area contributed by atoms with Crippen LogP contribution in [-0.2, 0) is 27.4 Å². The third-order valence-corrected chi connectivity index (χ3v) is 0. The van der Waals surface area contributed by atoms with E-state index >= 15 is 0 Å². The van der Waals surface area contributed by atoms with E-state index in [9.17, 15) is 0 Å². The third kappa shape index (κ3) is 10800. The van der Waals surface area contributed by atoms with Crippen LogP contribution in [0.25, 0.3) is 0 Å². The molecule has 0 aliphatic heterocycles. The fourth-order valence-electron chi connectivity index (χ4n) is 0. The molecule has 0 spiro atoms. The Bertz CT molecular complexity index is 471. The van der Waals surface area contributed by atoms with Gasteiger partial charge in [0.1, 0.15) is 0 Å². The van der Waals surface area contributed by atoms with Crippen molar-refractivity contribution in [1.82, 2.24) is 0 Å². The minimum atomic E-state index is -4.64. The van der Waals surface area contributed by atoms with Gasteiger partial charge in [-0.2, -0.15) is 0 Å². The summed E-state index contributed by atoms with van der Waals surface area (Å²) in [5.74, 6) is 0. The van der Waals surface area contributed by atoms with Crippen molar-refractivity contribution in [3.05, 3.63) is 0 Å². The van der Waals surface area contributed by atoms with Crippen molar-refractivity contribution in [2.75, 3.05) is 0 Å². The van der Waals surface area contributed by atoms with Gasteiger partial charge in [-0.05, 0) is 0 Å². The summed E-state index contributed by atoms with van der Waals surface area (Å²) in [5, 5.41) is 0. The van der Waals surface area contributed by atoms with E-state index in [0.717, 1.165) is 0 Å². The monoisotopic (exact) mass is 670 g/mol. The third-order valence-electron chi connectivity index (χ3n) is 0. The molecular formula is H22CaF2O24P6. The molecule has 0 bridgehead atoms. The molecule has 0 aromatic heterocycles. The molecule has 0 aromatic carbocycles. The van der Waals surface area contributed by atoms with Gasteiger partial charge in [-0.25, -0.2) is 27.4 Å². The molecule has 0 unspecified atom stereocenters. The van der Waals surface area contributed by atoms with Crippen molar-refractivity contribution >= 4 is 84.7 Å². The van der Waals surface area contributed by atoms with Crippen LogP contribution >= 0.6 is 46.9 Å². The molecule has 33 heteroatoms. The number of phosphoric acid groups is 6. The van der Waals surface area contributed by atoms with E-state index in [1.54, 1.807) is 0 Å². The molecule has 0 rings (SSSR count). The molecule has 0 atom stereocenters. The fraction of sp³-hybridized carbons (Fsp3) is 0. The summed E-state index contributed by atoms with van der Waals surface area (Å²) in [6, 6.07) is 0. The van der Waals surface area contributed by atoms with Crippen molar-refractivity contribution in [1.29, 1.82) is 0 Å². The maximum absolute atomic E-state index is 8.88. The van der Waals surface area contributed by atoms with Crippen molar-refractivity contribution in [3.8, 4) is 0 Å². The Labute approximate surface area is 209 Å². The van der Waals surface area contributed by atoms with Gasteiger partial charge in [0.25, 0.3) is 0 Å². The van der Waals surface area contributed by atoms with Crippen molar-refractivity contribution in [2.45, 2.75) is 0 Å². The molecule has 0 heterocycles. The first-order chi connectivity index (χ1) is 12.0. The Morgan fingerprint density at radius 1 is 0.242 bits per heavy atom. The predicted octanol–water partition coefficient (Wildman–Crippen LogP) is -6.18. The first-order valence-corrected chi connectivity index (χ1v) is 14.1. The summed E-state index contributed by atoms with van der Waals surface area (Å²) in [5.41, 5.74) is 0. The van der Waals surface area contributed by atoms with Gasteiger partial charge in [0.15, 0.2) is 0 Å². The molecule has 0 radical (unpaired) electrons. The van der Waals surface area contributed by atoms with Crippen molar-refractivity contribution in [2.24, 2.45) is 0 Å². The van der Waals surface area contributed by atoms with Gasteiger partial charge in [0, 0.05) is 0 Å². The zero-order chi connectivity index (χ0) is 27.0. The predicted molar refractivity (Wildman–Crippen MR) is 99.1 cm³/mol.